The van der Waals surface area contributed by atoms with Gasteiger partial charge in [-0.25, -0.2) is 8.42 Å². The second-order valence-corrected chi connectivity index (χ2v) is 7.43. The van der Waals surface area contributed by atoms with Gasteiger partial charge >= 0.3 is 0 Å². The van der Waals surface area contributed by atoms with Gasteiger partial charge in [0.05, 0.1) is 26.3 Å². The van der Waals surface area contributed by atoms with Gasteiger partial charge in [0, 0.05) is 6.54 Å². The third-order valence-electron chi connectivity index (χ3n) is 3.46. The lowest BCUT2D eigenvalue weighted by Crippen LogP contribution is -2.29. The fourth-order valence-electron chi connectivity index (χ4n) is 2.46. The van der Waals surface area contributed by atoms with Crippen LogP contribution in [0.2, 0.25) is 10.0 Å². The second-order valence-electron chi connectivity index (χ2n) is 4.76. The van der Waals surface area contributed by atoms with E-state index in [4.69, 9.17) is 28.9 Å². The lowest BCUT2D eigenvalue weighted by molar-refractivity contribution is 0.592. The van der Waals surface area contributed by atoms with E-state index in [0.29, 0.717) is 29.4 Å². The van der Waals surface area contributed by atoms with E-state index in [0.717, 1.165) is 5.56 Å². The SMILES string of the molecule is Nc1cccc2c1N(S(=O)(=O)c1ccc(Cl)c(Cl)c1)CC2. The van der Waals surface area contributed by atoms with Gasteiger partial charge in [0.2, 0.25) is 0 Å². The molecule has 0 atom stereocenters. The third-order valence-corrected chi connectivity index (χ3v) is 6.00. The normalized spacial score (nSPS) is 14.3. The van der Waals surface area contributed by atoms with Gasteiger partial charge in [0.25, 0.3) is 10.0 Å². The van der Waals surface area contributed by atoms with E-state index in [1.165, 1.54) is 22.5 Å². The number of rotatable bonds is 2. The average Bonchev–Trinajstić information content (AvgIpc) is 2.88. The van der Waals surface area contributed by atoms with Crippen molar-refractivity contribution in [2.75, 3.05) is 16.6 Å². The lowest BCUT2D eigenvalue weighted by Gasteiger charge is -2.21. The van der Waals surface area contributed by atoms with Crippen LogP contribution in [-0.2, 0) is 16.4 Å². The third kappa shape index (κ3) is 2.35. The molecule has 7 heteroatoms. The van der Waals surface area contributed by atoms with Crippen molar-refractivity contribution >= 4 is 44.6 Å². The van der Waals surface area contributed by atoms with Gasteiger partial charge in [-0.3, -0.25) is 4.31 Å². The highest BCUT2D eigenvalue weighted by atomic mass is 35.5. The second kappa shape index (κ2) is 5.09. The fourth-order valence-corrected chi connectivity index (χ4v) is 4.37. The van der Waals surface area contributed by atoms with E-state index in [1.54, 1.807) is 6.07 Å². The molecular formula is C14H12Cl2N2O2S. The summed E-state index contributed by atoms with van der Waals surface area (Å²) in [5.41, 5.74) is 7.88. The van der Waals surface area contributed by atoms with E-state index in [9.17, 15) is 8.42 Å². The molecule has 1 heterocycles. The number of para-hydroxylation sites is 1. The van der Waals surface area contributed by atoms with Crippen LogP contribution >= 0.6 is 23.2 Å². The Morgan fingerprint density at radius 1 is 1.10 bits per heavy atom. The maximum atomic E-state index is 12.8. The highest BCUT2D eigenvalue weighted by Crippen LogP contribution is 2.38. The minimum Gasteiger partial charge on any atom is -0.397 e. The van der Waals surface area contributed by atoms with E-state index >= 15 is 0 Å². The topological polar surface area (TPSA) is 63.4 Å². The van der Waals surface area contributed by atoms with E-state index in [-0.39, 0.29) is 9.92 Å². The molecule has 0 saturated heterocycles. The number of hydrogen-bond donors (Lipinski definition) is 1. The van der Waals surface area contributed by atoms with Gasteiger partial charge in [-0.05, 0) is 36.2 Å². The van der Waals surface area contributed by atoms with Gasteiger partial charge < -0.3 is 5.73 Å². The smallest absolute Gasteiger partial charge is 0.264 e. The van der Waals surface area contributed by atoms with Gasteiger partial charge in [-0.2, -0.15) is 0 Å². The first-order valence-corrected chi connectivity index (χ1v) is 8.46. The zero-order valence-corrected chi connectivity index (χ0v) is 13.2. The summed E-state index contributed by atoms with van der Waals surface area (Å²) in [7, 11) is -3.70. The molecule has 0 aromatic heterocycles. The summed E-state index contributed by atoms with van der Waals surface area (Å²) >= 11 is 11.8. The first kappa shape index (κ1) is 14.5. The van der Waals surface area contributed by atoms with E-state index in [2.05, 4.69) is 0 Å². The largest absolute Gasteiger partial charge is 0.397 e. The molecule has 0 saturated carbocycles. The molecule has 0 amide bonds. The molecule has 2 aromatic rings. The molecule has 0 bridgehead atoms. The number of sulfonamides is 1. The number of hydrogen-bond acceptors (Lipinski definition) is 3. The molecule has 0 aliphatic carbocycles. The first-order valence-electron chi connectivity index (χ1n) is 6.26. The molecule has 2 aromatic carbocycles. The molecule has 0 radical (unpaired) electrons. The number of nitrogens with zero attached hydrogens (tertiary/aromatic N) is 1. The van der Waals surface area contributed by atoms with Crippen LogP contribution in [-0.4, -0.2) is 15.0 Å². The summed E-state index contributed by atoms with van der Waals surface area (Å²) in [6.45, 7) is 0.367. The van der Waals surface area contributed by atoms with Crippen LogP contribution < -0.4 is 10.0 Å². The van der Waals surface area contributed by atoms with Crippen molar-refractivity contribution in [3.63, 3.8) is 0 Å². The number of nitrogens with two attached hydrogens (primary N) is 1. The molecular weight excluding hydrogens is 331 g/mol. The summed E-state index contributed by atoms with van der Waals surface area (Å²) in [5.74, 6) is 0. The molecule has 0 spiro atoms. The zero-order chi connectivity index (χ0) is 15.2. The van der Waals surface area contributed by atoms with Crippen LogP contribution in [0.5, 0.6) is 0 Å². The maximum Gasteiger partial charge on any atom is 0.264 e. The molecule has 0 fully saturated rings. The van der Waals surface area contributed by atoms with Crippen molar-refractivity contribution in [3.05, 3.63) is 52.0 Å². The molecule has 21 heavy (non-hydrogen) atoms. The zero-order valence-electron chi connectivity index (χ0n) is 10.9. The Balaban J connectivity index is 2.11. The summed E-state index contributed by atoms with van der Waals surface area (Å²) < 4.78 is 26.9. The summed E-state index contributed by atoms with van der Waals surface area (Å²) in [4.78, 5) is 0.105. The number of fused-ring (bicyclic) bond motifs is 1. The number of halogens is 2. The van der Waals surface area contributed by atoms with Crippen LogP contribution in [0.4, 0.5) is 11.4 Å². The van der Waals surface area contributed by atoms with Crippen LogP contribution in [0.15, 0.2) is 41.3 Å². The van der Waals surface area contributed by atoms with Crippen LogP contribution in [0.1, 0.15) is 5.56 Å². The Bertz CT molecular complexity index is 822. The Labute approximate surface area is 133 Å². The van der Waals surface area contributed by atoms with Gasteiger partial charge in [-0.15, -0.1) is 0 Å². The minimum atomic E-state index is -3.70. The first-order chi connectivity index (χ1) is 9.91. The van der Waals surface area contributed by atoms with Crippen LogP contribution in [0.25, 0.3) is 0 Å². The molecule has 1 aliphatic heterocycles. The summed E-state index contributed by atoms with van der Waals surface area (Å²) in [5, 5.41) is 0.523. The Morgan fingerprint density at radius 3 is 2.57 bits per heavy atom. The number of nitrogen functional groups attached to an aromatic ring is 1. The summed E-state index contributed by atoms with van der Waals surface area (Å²) in [6.07, 6.45) is 0.640. The molecule has 4 nitrogen and oxygen atoms in total. The summed E-state index contributed by atoms with van der Waals surface area (Å²) in [6, 6.07) is 9.68. The van der Waals surface area contributed by atoms with Gasteiger partial charge in [0.1, 0.15) is 0 Å². The van der Waals surface area contributed by atoms with Gasteiger partial charge in [-0.1, -0.05) is 35.3 Å². The van der Waals surface area contributed by atoms with E-state index < -0.39 is 10.0 Å². The number of anilines is 2. The Morgan fingerprint density at radius 2 is 1.86 bits per heavy atom. The van der Waals surface area contributed by atoms with Gasteiger partial charge in [0.15, 0.2) is 0 Å². The number of benzene rings is 2. The molecule has 3 rings (SSSR count). The lowest BCUT2D eigenvalue weighted by atomic mass is 10.1. The minimum absolute atomic E-state index is 0.105. The quantitative estimate of drug-likeness (QED) is 0.851. The van der Waals surface area contributed by atoms with Crippen molar-refractivity contribution < 1.29 is 8.42 Å². The van der Waals surface area contributed by atoms with Crippen molar-refractivity contribution in [2.45, 2.75) is 11.3 Å². The predicted octanol–water partition coefficient (Wildman–Crippen LogP) is 3.33. The maximum absolute atomic E-state index is 12.8. The Hall–Kier alpha value is -1.43. The van der Waals surface area contributed by atoms with Crippen molar-refractivity contribution in [3.8, 4) is 0 Å². The van der Waals surface area contributed by atoms with Crippen molar-refractivity contribution in [1.82, 2.24) is 0 Å². The fraction of sp³-hybridized carbons (Fsp3) is 0.143. The average molecular weight is 343 g/mol. The van der Waals surface area contributed by atoms with Crippen molar-refractivity contribution in [2.24, 2.45) is 0 Å². The Kier molecular flexibility index (Phi) is 3.51. The highest BCUT2D eigenvalue weighted by molar-refractivity contribution is 7.92. The molecule has 1 aliphatic rings. The van der Waals surface area contributed by atoms with Crippen LogP contribution in [0, 0.1) is 0 Å². The standard InChI is InChI=1S/C14H12Cl2N2O2S/c15-11-5-4-10(8-12(11)16)21(19,20)18-7-6-9-2-1-3-13(17)14(9)18/h1-5,8H,6-7,17H2. The van der Waals surface area contributed by atoms with Crippen molar-refractivity contribution in [1.29, 1.82) is 0 Å². The predicted molar refractivity (Wildman–Crippen MR) is 85.6 cm³/mol. The molecule has 2 N–H and O–H groups in total. The monoisotopic (exact) mass is 342 g/mol. The van der Waals surface area contributed by atoms with E-state index in [1.807, 2.05) is 12.1 Å². The molecule has 110 valence electrons. The highest BCUT2D eigenvalue weighted by Gasteiger charge is 2.32. The van der Waals surface area contributed by atoms with Crippen LogP contribution in [0.3, 0.4) is 0 Å². The molecule has 0 unspecified atom stereocenters.